The van der Waals surface area contributed by atoms with E-state index in [9.17, 15) is 8.42 Å². The maximum atomic E-state index is 12.6. The summed E-state index contributed by atoms with van der Waals surface area (Å²) in [6.45, 7) is 5.36. The molecule has 1 rings (SSSR count). The Labute approximate surface area is 123 Å². The normalized spacial score (nSPS) is 21.5. The Morgan fingerprint density at radius 2 is 2.15 bits per heavy atom. The van der Waals surface area contributed by atoms with Crippen molar-refractivity contribution in [3.05, 3.63) is 0 Å². The van der Waals surface area contributed by atoms with Crippen LogP contribution in [0.1, 0.15) is 32.6 Å². The van der Waals surface area contributed by atoms with Gasteiger partial charge in [0.05, 0.1) is 0 Å². The Morgan fingerprint density at radius 3 is 2.80 bits per heavy atom. The number of methoxy groups -OCH3 is 1. The van der Waals surface area contributed by atoms with Crippen LogP contribution in [0.2, 0.25) is 0 Å². The van der Waals surface area contributed by atoms with Crippen molar-refractivity contribution < 1.29 is 13.2 Å². The van der Waals surface area contributed by atoms with Gasteiger partial charge < -0.3 is 10.1 Å². The Morgan fingerprint density at radius 1 is 1.40 bits per heavy atom. The molecule has 120 valence electrons. The summed E-state index contributed by atoms with van der Waals surface area (Å²) in [5.41, 5.74) is 0. The van der Waals surface area contributed by atoms with Gasteiger partial charge in [0.2, 0.25) is 0 Å². The monoisotopic (exact) mass is 307 g/mol. The lowest BCUT2D eigenvalue weighted by Crippen LogP contribution is -2.52. The van der Waals surface area contributed by atoms with Crippen molar-refractivity contribution in [2.45, 2.75) is 38.6 Å². The van der Waals surface area contributed by atoms with Crippen LogP contribution in [-0.2, 0) is 14.9 Å². The molecule has 0 aromatic heterocycles. The average Bonchev–Trinajstić information content (AvgIpc) is 2.45. The van der Waals surface area contributed by atoms with E-state index in [-0.39, 0.29) is 6.04 Å². The summed E-state index contributed by atoms with van der Waals surface area (Å²) in [6.07, 6.45) is 3.72. The molecule has 0 aromatic carbocycles. The SMILES string of the molecule is CCNCC1CCCCN1S(=O)(=O)N(C)CCCOC. The van der Waals surface area contributed by atoms with Crippen LogP contribution in [0.3, 0.4) is 0 Å². The van der Waals surface area contributed by atoms with Gasteiger partial charge in [0.15, 0.2) is 0 Å². The molecule has 6 nitrogen and oxygen atoms in total. The number of nitrogens with zero attached hydrogens (tertiary/aromatic N) is 2. The van der Waals surface area contributed by atoms with Gasteiger partial charge in [-0.15, -0.1) is 0 Å². The van der Waals surface area contributed by atoms with Crippen molar-refractivity contribution in [2.24, 2.45) is 0 Å². The second-order valence-electron chi connectivity index (χ2n) is 5.24. The lowest BCUT2D eigenvalue weighted by Gasteiger charge is -2.37. The van der Waals surface area contributed by atoms with E-state index in [0.29, 0.717) is 19.7 Å². The summed E-state index contributed by atoms with van der Waals surface area (Å²) in [5, 5.41) is 3.27. The number of nitrogens with one attached hydrogen (secondary N) is 1. The zero-order valence-corrected chi connectivity index (χ0v) is 13.8. The fraction of sp³-hybridized carbons (Fsp3) is 1.00. The van der Waals surface area contributed by atoms with Gasteiger partial charge in [-0.2, -0.15) is 17.0 Å². The van der Waals surface area contributed by atoms with Crippen LogP contribution in [0.15, 0.2) is 0 Å². The third-order valence-electron chi connectivity index (χ3n) is 3.71. The topological polar surface area (TPSA) is 61.9 Å². The number of likely N-dealkylation sites (N-methyl/N-ethyl adjacent to an activating group) is 1. The summed E-state index contributed by atoms with van der Waals surface area (Å²) in [5.74, 6) is 0. The van der Waals surface area contributed by atoms with E-state index in [1.54, 1.807) is 18.5 Å². The maximum Gasteiger partial charge on any atom is 0.282 e. The van der Waals surface area contributed by atoms with Crippen molar-refractivity contribution in [3.63, 3.8) is 0 Å². The molecule has 0 radical (unpaired) electrons. The van der Waals surface area contributed by atoms with Gasteiger partial charge in [-0.3, -0.25) is 0 Å². The quantitative estimate of drug-likeness (QED) is 0.636. The van der Waals surface area contributed by atoms with E-state index < -0.39 is 10.2 Å². The van der Waals surface area contributed by atoms with Gasteiger partial charge in [0.1, 0.15) is 0 Å². The predicted molar refractivity (Wildman–Crippen MR) is 80.9 cm³/mol. The molecule has 1 aliphatic heterocycles. The Balaban J connectivity index is 2.66. The number of hydrogen-bond donors (Lipinski definition) is 1. The third-order valence-corrected chi connectivity index (χ3v) is 5.76. The van der Waals surface area contributed by atoms with Crippen LogP contribution in [0, 0.1) is 0 Å². The first-order valence-electron chi connectivity index (χ1n) is 7.46. The molecule has 1 fully saturated rings. The molecule has 0 amide bonds. The summed E-state index contributed by atoms with van der Waals surface area (Å²) in [6, 6.07) is 0.0820. The molecule has 0 aliphatic carbocycles. The highest BCUT2D eigenvalue weighted by Crippen LogP contribution is 2.21. The molecule has 1 saturated heterocycles. The Kier molecular flexibility index (Phi) is 7.98. The van der Waals surface area contributed by atoms with Crippen LogP contribution >= 0.6 is 0 Å². The molecule has 1 N–H and O–H groups in total. The first-order chi connectivity index (χ1) is 9.54. The van der Waals surface area contributed by atoms with E-state index in [0.717, 1.165) is 38.8 Å². The molecule has 1 heterocycles. The largest absolute Gasteiger partial charge is 0.385 e. The number of hydrogen-bond acceptors (Lipinski definition) is 4. The molecule has 1 atom stereocenters. The second-order valence-corrected chi connectivity index (χ2v) is 7.23. The van der Waals surface area contributed by atoms with Crippen molar-refractivity contribution in [1.29, 1.82) is 0 Å². The average molecular weight is 307 g/mol. The van der Waals surface area contributed by atoms with E-state index >= 15 is 0 Å². The van der Waals surface area contributed by atoms with Crippen LogP contribution < -0.4 is 5.32 Å². The number of piperidine rings is 1. The molecule has 0 bridgehead atoms. The summed E-state index contributed by atoms with van der Waals surface area (Å²) < 4.78 is 33.4. The van der Waals surface area contributed by atoms with Crippen LogP contribution in [0.5, 0.6) is 0 Å². The van der Waals surface area contributed by atoms with Crippen molar-refractivity contribution in [2.75, 3.05) is 46.9 Å². The van der Waals surface area contributed by atoms with Gasteiger partial charge in [0.25, 0.3) is 10.2 Å². The zero-order valence-electron chi connectivity index (χ0n) is 13.0. The highest BCUT2D eigenvalue weighted by molar-refractivity contribution is 7.86. The van der Waals surface area contributed by atoms with Gasteiger partial charge in [0, 0.05) is 46.4 Å². The fourth-order valence-electron chi connectivity index (χ4n) is 2.52. The second kappa shape index (κ2) is 8.94. The number of rotatable bonds is 9. The van der Waals surface area contributed by atoms with E-state index in [2.05, 4.69) is 5.32 Å². The highest BCUT2D eigenvalue weighted by atomic mass is 32.2. The minimum absolute atomic E-state index is 0.0820. The molecular formula is C13H29N3O3S. The Bertz CT molecular complexity index is 362. The van der Waals surface area contributed by atoms with Gasteiger partial charge in [-0.1, -0.05) is 13.3 Å². The molecule has 1 aliphatic rings. The standard InChI is InChI=1S/C13H29N3O3S/c1-4-14-12-13-8-5-6-10-16(13)20(17,18)15(2)9-7-11-19-3/h13-14H,4-12H2,1-3H3. The smallest absolute Gasteiger partial charge is 0.282 e. The molecule has 0 spiro atoms. The summed E-state index contributed by atoms with van der Waals surface area (Å²) in [4.78, 5) is 0. The molecule has 7 heteroatoms. The van der Waals surface area contributed by atoms with Crippen LogP contribution in [-0.4, -0.2) is 70.0 Å². The van der Waals surface area contributed by atoms with E-state index in [4.69, 9.17) is 4.74 Å². The first-order valence-corrected chi connectivity index (χ1v) is 8.86. The van der Waals surface area contributed by atoms with Crippen LogP contribution in [0.4, 0.5) is 0 Å². The lowest BCUT2D eigenvalue weighted by atomic mass is 10.1. The molecular weight excluding hydrogens is 278 g/mol. The van der Waals surface area contributed by atoms with Gasteiger partial charge in [-0.25, -0.2) is 0 Å². The third kappa shape index (κ3) is 4.96. The Hall–Kier alpha value is -0.210. The summed E-state index contributed by atoms with van der Waals surface area (Å²) in [7, 11) is -0.0638. The number of ether oxygens (including phenoxy) is 1. The predicted octanol–water partition coefficient (Wildman–Crippen LogP) is 0.664. The molecule has 20 heavy (non-hydrogen) atoms. The minimum Gasteiger partial charge on any atom is -0.385 e. The van der Waals surface area contributed by atoms with Crippen LogP contribution in [0.25, 0.3) is 0 Å². The fourth-order valence-corrected chi connectivity index (χ4v) is 4.15. The molecule has 0 saturated carbocycles. The molecule has 1 unspecified atom stereocenters. The first kappa shape index (κ1) is 17.8. The van der Waals surface area contributed by atoms with E-state index in [1.807, 2.05) is 6.92 Å². The van der Waals surface area contributed by atoms with E-state index in [1.165, 1.54) is 4.31 Å². The maximum absolute atomic E-state index is 12.6. The van der Waals surface area contributed by atoms with Crippen molar-refractivity contribution >= 4 is 10.2 Å². The lowest BCUT2D eigenvalue weighted by molar-refractivity contribution is 0.186. The van der Waals surface area contributed by atoms with Gasteiger partial charge in [-0.05, 0) is 25.8 Å². The summed E-state index contributed by atoms with van der Waals surface area (Å²) >= 11 is 0. The van der Waals surface area contributed by atoms with Crippen molar-refractivity contribution in [3.8, 4) is 0 Å². The zero-order chi connectivity index (χ0) is 15.0. The minimum atomic E-state index is -3.35. The molecule has 0 aromatic rings. The highest BCUT2D eigenvalue weighted by Gasteiger charge is 2.34. The van der Waals surface area contributed by atoms with Crippen molar-refractivity contribution in [1.82, 2.24) is 13.9 Å². The van der Waals surface area contributed by atoms with Gasteiger partial charge >= 0.3 is 0 Å².